The summed E-state index contributed by atoms with van der Waals surface area (Å²) in [5.41, 5.74) is 6.86. The monoisotopic (exact) mass is 614 g/mol. The van der Waals surface area contributed by atoms with Gasteiger partial charge in [0.25, 0.3) is 0 Å². The first kappa shape index (κ1) is 30.1. The number of ether oxygens (including phenoxy) is 1. The van der Waals surface area contributed by atoms with E-state index in [9.17, 15) is 18.0 Å². The van der Waals surface area contributed by atoms with E-state index in [-0.39, 0.29) is 23.7 Å². The van der Waals surface area contributed by atoms with Crippen LogP contribution in [0.25, 0.3) is 17.1 Å². The molecule has 232 valence electrons. The molecule has 1 aliphatic heterocycles. The first-order valence-electron chi connectivity index (χ1n) is 14.8. The lowest BCUT2D eigenvalue weighted by atomic mass is 9.93. The predicted molar refractivity (Wildman–Crippen MR) is 167 cm³/mol. The van der Waals surface area contributed by atoms with E-state index in [2.05, 4.69) is 62.1 Å². The largest absolute Gasteiger partial charge is 0.573 e. The highest BCUT2D eigenvalue weighted by atomic mass is 19.4. The molecule has 2 heterocycles. The molecule has 1 aromatic heterocycles. The molecule has 0 radical (unpaired) electrons. The van der Waals surface area contributed by atoms with Gasteiger partial charge in [0.2, 0.25) is 0 Å². The van der Waals surface area contributed by atoms with Gasteiger partial charge in [0, 0.05) is 29.6 Å². The Hall–Kier alpha value is -4.93. The Bertz CT molecular complexity index is 1740. The quantitative estimate of drug-likeness (QED) is 0.238. The zero-order chi connectivity index (χ0) is 31.7. The van der Waals surface area contributed by atoms with Crippen LogP contribution in [-0.4, -0.2) is 39.0 Å². The van der Waals surface area contributed by atoms with Crippen molar-refractivity contribution in [3.63, 3.8) is 0 Å². The third kappa shape index (κ3) is 6.62. The van der Waals surface area contributed by atoms with E-state index in [1.807, 2.05) is 37.3 Å². The third-order valence-electron chi connectivity index (χ3n) is 8.33. The van der Waals surface area contributed by atoms with E-state index < -0.39 is 6.36 Å². The number of benzene rings is 3. The van der Waals surface area contributed by atoms with Crippen molar-refractivity contribution in [2.75, 3.05) is 4.90 Å². The molecule has 4 aromatic rings. The fourth-order valence-electron chi connectivity index (χ4n) is 6.22. The Kier molecular flexibility index (Phi) is 8.18. The van der Waals surface area contributed by atoms with Crippen LogP contribution >= 0.6 is 0 Å². The zero-order valence-electron chi connectivity index (χ0n) is 25.2. The van der Waals surface area contributed by atoms with E-state index in [0.717, 1.165) is 58.7 Å². The molecule has 45 heavy (non-hydrogen) atoms. The van der Waals surface area contributed by atoms with Gasteiger partial charge in [-0.2, -0.15) is 4.99 Å². The van der Waals surface area contributed by atoms with Crippen LogP contribution in [0, 0.1) is 13.8 Å². The van der Waals surface area contributed by atoms with Crippen LogP contribution in [-0.2, 0) is 0 Å². The summed E-state index contributed by atoms with van der Waals surface area (Å²) >= 11 is 0. The molecule has 1 saturated carbocycles. The summed E-state index contributed by atoms with van der Waals surface area (Å²) < 4.78 is 42.8. The average molecular weight is 615 g/mol. The van der Waals surface area contributed by atoms with Gasteiger partial charge in [-0.3, -0.25) is 0 Å². The molecular formula is C34H33F3N6O2. The summed E-state index contributed by atoms with van der Waals surface area (Å²) in [6.45, 7) is 6.18. The molecule has 11 heteroatoms. The summed E-state index contributed by atoms with van der Waals surface area (Å²) in [7, 11) is 0. The third-order valence-corrected chi connectivity index (χ3v) is 8.33. The van der Waals surface area contributed by atoms with E-state index in [4.69, 9.17) is 0 Å². The van der Waals surface area contributed by atoms with Gasteiger partial charge in [0.15, 0.2) is 5.82 Å². The number of anilines is 1. The summed E-state index contributed by atoms with van der Waals surface area (Å²) in [4.78, 5) is 24.2. The number of hydrogen-bond acceptors (Lipinski definition) is 4. The van der Waals surface area contributed by atoms with Crippen molar-refractivity contribution in [2.24, 2.45) is 4.99 Å². The molecule has 8 nitrogen and oxygen atoms in total. The van der Waals surface area contributed by atoms with E-state index in [0.29, 0.717) is 17.9 Å². The smallest absolute Gasteiger partial charge is 0.406 e. The van der Waals surface area contributed by atoms with Crippen molar-refractivity contribution in [2.45, 2.75) is 64.8 Å². The van der Waals surface area contributed by atoms with Crippen molar-refractivity contribution < 1.29 is 22.7 Å². The number of aromatic nitrogens is 3. The maximum Gasteiger partial charge on any atom is 0.573 e. The molecule has 6 rings (SSSR count). The molecule has 0 saturated heterocycles. The van der Waals surface area contributed by atoms with Crippen LogP contribution in [0.15, 0.2) is 89.8 Å². The van der Waals surface area contributed by atoms with Crippen molar-refractivity contribution in [1.82, 2.24) is 20.1 Å². The van der Waals surface area contributed by atoms with Crippen LogP contribution in [0.3, 0.4) is 0 Å². The molecule has 1 aliphatic carbocycles. The Labute approximate surface area is 259 Å². The van der Waals surface area contributed by atoms with Crippen molar-refractivity contribution in [3.05, 3.63) is 102 Å². The van der Waals surface area contributed by atoms with Gasteiger partial charge in [-0.25, -0.2) is 14.5 Å². The van der Waals surface area contributed by atoms with Gasteiger partial charge in [-0.15, -0.1) is 18.3 Å². The van der Waals surface area contributed by atoms with Crippen molar-refractivity contribution in [1.29, 1.82) is 0 Å². The van der Waals surface area contributed by atoms with Crippen LogP contribution in [0.5, 0.6) is 5.75 Å². The van der Waals surface area contributed by atoms with Gasteiger partial charge in [-0.05, 0) is 74.6 Å². The number of urea groups is 1. The van der Waals surface area contributed by atoms with Gasteiger partial charge in [0.05, 0.1) is 11.4 Å². The number of amides is 2. The molecule has 2 amide bonds. The normalized spacial score (nSPS) is 19.2. The molecule has 0 bridgehead atoms. The number of amidine groups is 1. The molecule has 1 N–H and O–H groups in total. The number of hydrogen-bond donors (Lipinski definition) is 1. The first-order chi connectivity index (χ1) is 21.6. The van der Waals surface area contributed by atoms with E-state index in [1.165, 1.54) is 35.3 Å². The molecule has 2 aliphatic rings. The fraction of sp³-hybridized carbons (Fsp3) is 0.294. The van der Waals surface area contributed by atoms with Gasteiger partial charge >= 0.3 is 12.4 Å². The first-order valence-corrected chi connectivity index (χ1v) is 14.8. The molecule has 1 fully saturated rings. The number of nitrogens with zero attached hydrogens (tertiary/aromatic N) is 5. The fourth-order valence-corrected chi connectivity index (χ4v) is 6.22. The number of nitrogens with one attached hydrogen (secondary N) is 1. The van der Waals surface area contributed by atoms with E-state index in [1.54, 1.807) is 0 Å². The minimum Gasteiger partial charge on any atom is -0.406 e. The number of carbonyl (C=O) groups is 1. The van der Waals surface area contributed by atoms with E-state index >= 15 is 0 Å². The Morgan fingerprint density at radius 2 is 1.69 bits per heavy atom. The van der Waals surface area contributed by atoms with Crippen LogP contribution in [0.4, 0.5) is 23.7 Å². The van der Waals surface area contributed by atoms with Gasteiger partial charge in [0.1, 0.15) is 17.9 Å². The van der Waals surface area contributed by atoms with Gasteiger partial charge in [-0.1, -0.05) is 55.0 Å². The summed E-state index contributed by atoms with van der Waals surface area (Å²) in [6, 6.07) is 19.2. The number of aliphatic imine (C=N–C) groups is 1. The number of aryl methyl sites for hydroxylation is 2. The topological polar surface area (TPSA) is 84.6 Å². The summed E-state index contributed by atoms with van der Waals surface area (Å²) in [5.74, 6) is 1.06. The van der Waals surface area contributed by atoms with Crippen LogP contribution in [0.1, 0.15) is 55.2 Å². The molecular weight excluding hydrogens is 581 g/mol. The second kappa shape index (κ2) is 12.2. The highest BCUT2D eigenvalue weighted by Crippen LogP contribution is 2.36. The van der Waals surface area contributed by atoms with Crippen molar-refractivity contribution in [3.8, 4) is 22.8 Å². The van der Waals surface area contributed by atoms with Crippen LogP contribution < -0.4 is 15.0 Å². The molecule has 2 unspecified atom stereocenters. The Morgan fingerprint density at radius 3 is 2.38 bits per heavy atom. The number of allylic oxidation sites excluding steroid dienone is 1. The van der Waals surface area contributed by atoms with Gasteiger partial charge < -0.3 is 15.0 Å². The zero-order valence-corrected chi connectivity index (χ0v) is 25.2. The maximum absolute atomic E-state index is 13.2. The Morgan fingerprint density at radius 1 is 0.978 bits per heavy atom. The maximum atomic E-state index is 13.2. The molecule has 0 spiro atoms. The second-order valence-electron chi connectivity index (χ2n) is 11.4. The molecule has 2 atom stereocenters. The van der Waals surface area contributed by atoms with Crippen LogP contribution in [0.2, 0.25) is 0 Å². The highest BCUT2D eigenvalue weighted by molar-refractivity contribution is 6.09. The average Bonchev–Trinajstić information content (AvgIpc) is 3.74. The number of rotatable bonds is 6. The standard InChI is InChI=1S/C34H33F3N6O2/c1-21-6-4-7-22(2)31(21)43-23(3)10-19-30(43)40-33(44)39-29-9-5-8-28(29)24-11-13-25(14-12-24)32-38-20-42(41-32)26-15-17-27(18-16-26)45-34(35,36)37/h4,6-7,10-18,20,28-29H,5,8-9,19H2,1-3H3,(H,39,44)/b40-30+. The Balaban J connectivity index is 1.12. The number of carbonyl (C=O) groups excluding carboxylic acids is 1. The number of alkyl halides is 3. The van der Waals surface area contributed by atoms with Crippen molar-refractivity contribution >= 4 is 17.6 Å². The SMILES string of the molecule is CC1=CC/C(=N\C(=O)NC2CCCC2c2ccc(-c3ncn(-c4ccc(OC(F)(F)F)cc4)n3)cc2)N1c1c(C)cccc1C. The minimum absolute atomic E-state index is 0.0292. The molecule has 3 aromatic carbocycles. The lowest BCUT2D eigenvalue weighted by Crippen LogP contribution is -2.36. The summed E-state index contributed by atoms with van der Waals surface area (Å²) in [5, 5.41) is 7.67. The second-order valence-corrected chi connectivity index (χ2v) is 11.4. The summed E-state index contributed by atoms with van der Waals surface area (Å²) in [6.07, 6.45) is 2.29. The lowest BCUT2D eigenvalue weighted by Gasteiger charge is -2.26. The number of para-hydroxylation sites is 1. The minimum atomic E-state index is -4.75. The number of halogens is 3. The lowest BCUT2D eigenvalue weighted by molar-refractivity contribution is -0.274. The highest BCUT2D eigenvalue weighted by Gasteiger charge is 2.32. The predicted octanol–water partition coefficient (Wildman–Crippen LogP) is 8.01.